The number of ether oxygens (including phenoxy) is 3. The number of unbranched alkanes of at least 4 members (excludes halogenated alkanes) is 27. The largest absolute Gasteiger partial charge is 0.462 e. The summed E-state index contributed by atoms with van der Waals surface area (Å²) < 4.78 is 16.8. The number of rotatable bonds is 56. The van der Waals surface area contributed by atoms with Crippen LogP contribution in [-0.4, -0.2) is 37.2 Å². The van der Waals surface area contributed by atoms with Gasteiger partial charge >= 0.3 is 17.9 Å². The Kier molecular flexibility index (Phi) is 59.3. The van der Waals surface area contributed by atoms with Gasteiger partial charge in [-0.1, -0.05) is 265 Å². The molecule has 0 radical (unpaired) electrons. The number of allylic oxidation sites excluding steroid dienone is 18. The summed E-state index contributed by atoms with van der Waals surface area (Å²) in [5.74, 6) is -1.00. The van der Waals surface area contributed by atoms with Crippen molar-refractivity contribution in [2.45, 2.75) is 297 Å². The van der Waals surface area contributed by atoms with Crippen LogP contribution in [0.1, 0.15) is 290 Å². The highest BCUT2D eigenvalue weighted by Gasteiger charge is 2.19. The molecule has 0 aliphatic carbocycles. The van der Waals surface area contributed by atoms with Gasteiger partial charge in [0, 0.05) is 19.3 Å². The van der Waals surface area contributed by atoms with Crippen LogP contribution >= 0.6 is 0 Å². The number of esters is 3. The van der Waals surface area contributed by atoms with Crippen LogP contribution in [0.2, 0.25) is 0 Å². The lowest BCUT2D eigenvalue weighted by Gasteiger charge is -2.18. The monoisotopic (exact) mass is 1040 g/mol. The van der Waals surface area contributed by atoms with E-state index in [-0.39, 0.29) is 37.5 Å². The Balaban J connectivity index is 4.37. The van der Waals surface area contributed by atoms with E-state index < -0.39 is 6.10 Å². The van der Waals surface area contributed by atoms with Gasteiger partial charge in [-0.05, 0) is 116 Å². The average Bonchev–Trinajstić information content (AvgIpc) is 3.41. The van der Waals surface area contributed by atoms with E-state index in [0.717, 1.165) is 96.3 Å². The summed E-state index contributed by atoms with van der Waals surface area (Å²) in [4.78, 5) is 38.2. The Morgan fingerprint density at radius 3 is 0.920 bits per heavy atom. The molecule has 428 valence electrons. The molecule has 6 heteroatoms. The van der Waals surface area contributed by atoms with Crippen LogP contribution in [0.25, 0.3) is 0 Å². The Labute approximate surface area is 463 Å². The fourth-order valence-electron chi connectivity index (χ4n) is 8.55. The Bertz CT molecular complexity index is 1520. The van der Waals surface area contributed by atoms with Gasteiger partial charge < -0.3 is 14.2 Å². The summed E-state index contributed by atoms with van der Waals surface area (Å²) >= 11 is 0. The van der Waals surface area contributed by atoms with E-state index in [1.807, 2.05) is 6.08 Å². The van der Waals surface area contributed by atoms with Crippen LogP contribution in [0.15, 0.2) is 109 Å². The number of carbonyl (C=O) groups excluding carboxylic acids is 3. The molecular weight excluding hydrogens is 925 g/mol. The molecule has 0 heterocycles. The topological polar surface area (TPSA) is 78.9 Å². The van der Waals surface area contributed by atoms with Crippen molar-refractivity contribution in [3.05, 3.63) is 109 Å². The molecule has 75 heavy (non-hydrogen) atoms. The lowest BCUT2D eigenvalue weighted by atomic mass is 10.0. The van der Waals surface area contributed by atoms with E-state index in [1.54, 1.807) is 0 Å². The van der Waals surface area contributed by atoms with Crippen molar-refractivity contribution in [1.29, 1.82) is 0 Å². The third-order valence-electron chi connectivity index (χ3n) is 13.2. The molecule has 0 aromatic rings. The highest BCUT2D eigenvalue weighted by molar-refractivity contribution is 5.71. The molecule has 0 saturated carbocycles. The number of hydrogen-bond acceptors (Lipinski definition) is 6. The van der Waals surface area contributed by atoms with Crippen LogP contribution in [0.4, 0.5) is 0 Å². The molecule has 0 rings (SSSR count). The molecule has 0 aliphatic heterocycles. The maximum Gasteiger partial charge on any atom is 0.306 e. The van der Waals surface area contributed by atoms with Crippen molar-refractivity contribution < 1.29 is 28.6 Å². The van der Waals surface area contributed by atoms with Gasteiger partial charge in [0.1, 0.15) is 13.2 Å². The molecule has 0 amide bonds. The highest BCUT2D eigenvalue weighted by Crippen LogP contribution is 2.15. The predicted octanol–water partition coefficient (Wildman–Crippen LogP) is 21.4. The van der Waals surface area contributed by atoms with Crippen LogP contribution in [0, 0.1) is 0 Å². The van der Waals surface area contributed by atoms with Gasteiger partial charge in [0.25, 0.3) is 0 Å². The average molecular weight is 1040 g/mol. The molecule has 0 bridgehead atoms. The third kappa shape index (κ3) is 60.8. The summed E-state index contributed by atoms with van der Waals surface area (Å²) in [6.45, 7) is 6.43. The van der Waals surface area contributed by atoms with Gasteiger partial charge in [0.05, 0.1) is 0 Å². The molecule has 0 aliphatic rings. The van der Waals surface area contributed by atoms with E-state index in [9.17, 15) is 14.4 Å². The second-order valence-electron chi connectivity index (χ2n) is 20.6. The Morgan fingerprint density at radius 2 is 0.547 bits per heavy atom. The first kappa shape index (κ1) is 71.1. The van der Waals surface area contributed by atoms with E-state index in [0.29, 0.717) is 19.3 Å². The zero-order valence-corrected chi connectivity index (χ0v) is 49.0. The fourth-order valence-corrected chi connectivity index (χ4v) is 8.55. The summed E-state index contributed by atoms with van der Waals surface area (Å²) in [7, 11) is 0. The van der Waals surface area contributed by atoms with Crippen molar-refractivity contribution >= 4 is 17.9 Å². The minimum Gasteiger partial charge on any atom is -0.462 e. The molecule has 6 nitrogen and oxygen atoms in total. The van der Waals surface area contributed by atoms with Gasteiger partial charge in [-0.15, -0.1) is 0 Å². The predicted molar refractivity (Wildman–Crippen MR) is 325 cm³/mol. The van der Waals surface area contributed by atoms with E-state index in [1.165, 1.54) is 148 Å². The standard InChI is InChI=1S/C69H116O6/c1-4-7-10-13-16-19-22-25-27-29-31-32-33-34-35-36-38-39-41-44-47-50-53-56-59-62-68(71)74-65-66(64-73-67(70)61-58-55-52-49-46-43-24-21-18-15-12-9-6-3)75-69(72)63-60-57-54-51-48-45-42-40-37-30-28-26-23-20-17-14-11-8-5-2/h9,12,17-18,20-22,25-26,28-29,31,37,40,43,46,52,55,66H,4-8,10-11,13-16,19,23-24,27,30,32-36,38-39,41-42,44-45,47-51,53-54,56-65H2,1-3H3/b12-9-,20-17-,21-18-,25-22-,28-26-,31-29-,40-37-,46-43-,55-52-. The van der Waals surface area contributed by atoms with Crippen LogP contribution in [-0.2, 0) is 28.6 Å². The molecule has 1 atom stereocenters. The minimum atomic E-state index is -0.817. The minimum absolute atomic E-state index is 0.106. The molecule has 0 spiro atoms. The Hall–Kier alpha value is -3.93. The van der Waals surface area contributed by atoms with E-state index in [2.05, 4.69) is 124 Å². The highest BCUT2D eigenvalue weighted by atomic mass is 16.6. The summed E-state index contributed by atoms with van der Waals surface area (Å²) in [6, 6.07) is 0. The summed E-state index contributed by atoms with van der Waals surface area (Å²) in [5.41, 5.74) is 0. The lowest BCUT2D eigenvalue weighted by Crippen LogP contribution is -2.30. The molecule has 0 saturated heterocycles. The first-order valence-corrected chi connectivity index (χ1v) is 31.4. The van der Waals surface area contributed by atoms with Gasteiger partial charge in [-0.2, -0.15) is 0 Å². The van der Waals surface area contributed by atoms with E-state index >= 15 is 0 Å². The van der Waals surface area contributed by atoms with E-state index in [4.69, 9.17) is 14.2 Å². The molecule has 0 aromatic heterocycles. The summed E-state index contributed by atoms with van der Waals surface area (Å²) in [6.07, 6.45) is 85.4. The quantitative estimate of drug-likeness (QED) is 0.0261. The number of hydrogen-bond donors (Lipinski definition) is 0. The van der Waals surface area contributed by atoms with Gasteiger partial charge in [-0.3, -0.25) is 14.4 Å². The lowest BCUT2D eigenvalue weighted by molar-refractivity contribution is -0.166. The molecule has 0 fully saturated rings. The van der Waals surface area contributed by atoms with Gasteiger partial charge in [0.15, 0.2) is 6.10 Å². The molecule has 0 aromatic carbocycles. The maximum absolute atomic E-state index is 12.9. The van der Waals surface area contributed by atoms with Gasteiger partial charge in [0.2, 0.25) is 0 Å². The first-order valence-electron chi connectivity index (χ1n) is 31.4. The van der Waals surface area contributed by atoms with Crippen molar-refractivity contribution in [3.8, 4) is 0 Å². The molecule has 0 N–H and O–H groups in total. The Morgan fingerprint density at radius 1 is 0.280 bits per heavy atom. The first-order chi connectivity index (χ1) is 37.0. The van der Waals surface area contributed by atoms with Crippen LogP contribution in [0.3, 0.4) is 0 Å². The maximum atomic E-state index is 12.9. The summed E-state index contributed by atoms with van der Waals surface area (Å²) in [5, 5.41) is 0. The smallest absolute Gasteiger partial charge is 0.306 e. The third-order valence-corrected chi connectivity index (χ3v) is 13.2. The van der Waals surface area contributed by atoms with Crippen molar-refractivity contribution in [2.75, 3.05) is 13.2 Å². The van der Waals surface area contributed by atoms with Crippen molar-refractivity contribution in [3.63, 3.8) is 0 Å². The zero-order chi connectivity index (χ0) is 54.3. The SMILES string of the molecule is CC/C=C\C/C=C\C/C=C\C/C=C\CCC(=O)OCC(COC(=O)CCCCCCCCCCCCCCC/C=C\C/C=C\CCCCCCC)OC(=O)CCCCCCCC/C=C\C/C=C\C/C=C\CCCCC. The van der Waals surface area contributed by atoms with Crippen molar-refractivity contribution in [2.24, 2.45) is 0 Å². The molecule has 1 unspecified atom stereocenters. The normalized spacial score (nSPS) is 12.8. The van der Waals surface area contributed by atoms with Crippen LogP contribution in [0.5, 0.6) is 0 Å². The number of carbonyl (C=O) groups is 3. The molecular formula is C69H116O6. The second-order valence-corrected chi connectivity index (χ2v) is 20.6. The van der Waals surface area contributed by atoms with Crippen molar-refractivity contribution in [1.82, 2.24) is 0 Å². The fraction of sp³-hybridized carbons (Fsp3) is 0.696. The van der Waals surface area contributed by atoms with Gasteiger partial charge in [-0.25, -0.2) is 0 Å². The second kappa shape index (κ2) is 62.6. The van der Waals surface area contributed by atoms with Crippen LogP contribution < -0.4 is 0 Å². The zero-order valence-electron chi connectivity index (χ0n) is 49.0.